The molecule has 0 aromatic heterocycles. The molecule has 0 fully saturated rings. The van der Waals surface area contributed by atoms with Gasteiger partial charge in [0.25, 0.3) is 5.91 Å². The van der Waals surface area contributed by atoms with Crippen molar-refractivity contribution >= 4 is 40.5 Å². The molecule has 21 heavy (non-hydrogen) atoms. The van der Waals surface area contributed by atoms with E-state index < -0.39 is 11.7 Å². The zero-order chi connectivity index (χ0) is 15.6. The van der Waals surface area contributed by atoms with Gasteiger partial charge in [0.05, 0.1) is 27.0 Å². The molecule has 110 valence electrons. The van der Waals surface area contributed by atoms with Crippen molar-refractivity contribution in [3.8, 4) is 0 Å². The largest absolute Gasteiger partial charge is 0.323 e. The van der Waals surface area contributed by atoms with E-state index in [0.29, 0.717) is 11.3 Å². The second-order valence-corrected chi connectivity index (χ2v) is 5.21. The molecule has 2 aromatic rings. The molecule has 0 saturated carbocycles. The third kappa shape index (κ3) is 3.44. The average molecular weight is 328 g/mol. The highest BCUT2D eigenvalue weighted by molar-refractivity contribution is 6.40. The van der Waals surface area contributed by atoms with Gasteiger partial charge in [0.15, 0.2) is 0 Å². The maximum atomic E-state index is 13.1. The van der Waals surface area contributed by atoms with Crippen LogP contribution in [0.3, 0.4) is 0 Å². The van der Waals surface area contributed by atoms with Gasteiger partial charge in [-0.3, -0.25) is 10.6 Å². The fourth-order valence-corrected chi connectivity index (χ4v) is 2.37. The van der Waals surface area contributed by atoms with Crippen molar-refractivity contribution in [3.63, 3.8) is 0 Å². The van der Waals surface area contributed by atoms with Crippen LogP contribution < -0.4 is 16.6 Å². The monoisotopic (exact) mass is 327 g/mol. The molecule has 2 aromatic carbocycles. The van der Waals surface area contributed by atoms with Crippen molar-refractivity contribution in [2.75, 3.05) is 10.7 Å². The molecule has 0 radical (unpaired) electrons. The predicted octanol–water partition coefficient (Wildman–Crippen LogP) is 3.98. The van der Waals surface area contributed by atoms with Crippen LogP contribution in [0.4, 0.5) is 15.8 Å². The topological polar surface area (TPSA) is 67.2 Å². The van der Waals surface area contributed by atoms with E-state index in [9.17, 15) is 9.18 Å². The Labute approximate surface area is 131 Å². The maximum absolute atomic E-state index is 13.1. The first-order chi connectivity index (χ1) is 9.92. The number of hydrogen-bond acceptors (Lipinski definition) is 3. The van der Waals surface area contributed by atoms with Crippen LogP contribution in [0.25, 0.3) is 0 Å². The summed E-state index contributed by atoms with van der Waals surface area (Å²) in [5.74, 6) is 4.36. The summed E-state index contributed by atoms with van der Waals surface area (Å²) in [7, 11) is 0. The first-order valence-corrected chi connectivity index (χ1v) is 6.71. The Morgan fingerprint density at radius 1 is 1.19 bits per heavy atom. The number of carbonyl (C=O) groups is 1. The van der Waals surface area contributed by atoms with Crippen LogP contribution in [-0.4, -0.2) is 5.91 Å². The van der Waals surface area contributed by atoms with Crippen molar-refractivity contribution in [1.29, 1.82) is 0 Å². The molecular weight excluding hydrogens is 316 g/mol. The number of nitrogens with two attached hydrogens (primary N) is 1. The van der Waals surface area contributed by atoms with Crippen molar-refractivity contribution < 1.29 is 9.18 Å². The summed E-state index contributed by atoms with van der Waals surface area (Å²) in [5, 5.41) is 2.58. The number of halogens is 3. The number of benzene rings is 2. The molecule has 0 aliphatic carbocycles. The molecule has 7 heteroatoms. The van der Waals surface area contributed by atoms with Crippen molar-refractivity contribution in [2.45, 2.75) is 6.92 Å². The van der Waals surface area contributed by atoms with Crippen molar-refractivity contribution in [2.24, 2.45) is 5.84 Å². The summed E-state index contributed by atoms with van der Waals surface area (Å²) in [6, 6.07) is 7.25. The zero-order valence-corrected chi connectivity index (χ0v) is 12.5. The molecule has 0 aliphatic heterocycles. The minimum Gasteiger partial charge on any atom is -0.323 e. The van der Waals surface area contributed by atoms with E-state index in [-0.39, 0.29) is 15.7 Å². The van der Waals surface area contributed by atoms with Crippen molar-refractivity contribution in [3.05, 3.63) is 57.3 Å². The average Bonchev–Trinajstić information content (AvgIpc) is 2.42. The number of carbonyl (C=O) groups excluding carboxylic acids is 1. The van der Waals surface area contributed by atoms with Gasteiger partial charge in [-0.25, -0.2) is 4.39 Å². The van der Waals surface area contributed by atoms with Crippen LogP contribution in [0.2, 0.25) is 10.0 Å². The van der Waals surface area contributed by atoms with Crippen LogP contribution >= 0.6 is 23.2 Å². The summed E-state index contributed by atoms with van der Waals surface area (Å²) in [6.07, 6.45) is 0. The van der Waals surface area contributed by atoms with E-state index in [1.165, 1.54) is 0 Å². The van der Waals surface area contributed by atoms with Crippen LogP contribution in [-0.2, 0) is 0 Å². The predicted molar refractivity (Wildman–Crippen MR) is 83.4 cm³/mol. The molecule has 0 aliphatic rings. The lowest BCUT2D eigenvalue weighted by Gasteiger charge is -2.12. The molecule has 2 rings (SSSR count). The first kappa shape index (κ1) is 15.6. The highest BCUT2D eigenvalue weighted by Crippen LogP contribution is 2.32. The van der Waals surface area contributed by atoms with Crippen molar-refractivity contribution in [1.82, 2.24) is 0 Å². The number of nitrogens with one attached hydrogen (secondary N) is 2. The van der Waals surface area contributed by atoms with Gasteiger partial charge in [0.1, 0.15) is 5.82 Å². The first-order valence-electron chi connectivity index (χ1n) is 5.95. The summed E-state index contributed by atoms with van der Waals surface area (Å²) >= 11 is 11.8. The van der Waals surface area contributed by atoms with Gasteiger partial charge in [-0.2, -0.15) is 0 Å². The van der Waals surface area contributed by atoms with E-state index in [2.05, 4.69) is 10.7 Å². The number of amides is 1. The van der Waals surface area contributed by atoms with E-state index in [4.69, 9.17) is 29.0 Å². The standard InChI is InChI=1S/C14H12Cl2FN3O/c1-7-2-3-9(12(4-7)20-18)14(21)19-13-10(15)5-8(17)6-11(13)16/h2-6,20H,18H2,1H3,(H,19,21). The van der Waals surface area contributed by atoms with Gasteiger partial charge in [-0.1, -0.05) is 29.3 Å². The SMILES string of the molecule is Cc1ccc(C(=O)Nc2c(Cl)cc(F)cc2Cl)c(NN)c1. The molecule has 0 bridgehead atoms. The van der Waals surface area contributed by atoms with Gasteiger partial charge in [-0.15, -0.1) is 0 Å². The summed E-state index contributed by atoms with van der Waals surface area (Å²) in [5.41, 5.74) is 4.32. The number of hydrogen-bond donors (Lipinski definition) is 3. The fourth-order valence-electron chi connectivity index (χ4n) is 1.82. The summed E-state index contributed by atoms with van der Waals surface area (Å²) in [4.78, 5) is 12.3. The van der Waals surface area contributed by atoms with Crippen LogP contribution in [0.15, 0.2) is 30.3 Å². The van der Waals surface area contributed by atoms with E-state index in [1.807, 2.05) is 6.92 Å². The molecule has 0 heterocycles. The Balaban J connectivity index is 2.35. The van der Waals surface area contributed by atoms with Crippen LogP contribution in [0, 0.1) is 12.7 Å². The summed E-state index contributed by atoms with van der Waals surface area (Å²) in [6.45, 7) is 1.87. The Morgan fingerprint density at radius 2 is 1.81 bits per heavy atom. The highest BCUT2D eigenvalue weighted by atomic mass is 35.5. The number of aryl methyl sites for hydroxylation is 1. The van der Waals surface area contributed by atoms with Gasteiger partial charge in [0, 0.05) is 0 Å². The fraction of sp³-hybridized carbons (Fsp3) is 0.0714. The molecule has 0 atom stereocenters. The molecule has 1 amide bonds. The molecule has 0 spiro atoms. The van der Waals surface area contributed by atoms with Gasteiger partial charge < -0.3 is 10.7 Å². The third-order valence-electron chi connectivity index (χ3n) is 2.82. The van der Waals surface area contributed by atoms with Crippen LogP contribution in [0.1, 0.15) is 15.9 Å². The Kier molecular flexibility index (Phi) is 4.67. The maximum Gasteiger partial charge on any atom is 0.257 e. The number of rotatable bonds is 3. The van der Waals surface area contributed by atoms with Gasteiger partial charge in [0.2, 0.25) is 0 Å². The Morgan fingerprint density at radius 3 is 2.38 bits per heavy atom. The lowest BCUT2D eigenvalue weighted by atomic mass is 10.1. The molecule has 4 N–H and O–H groups in total. The third-order valence-corrected chi connectivity index (χ3v) is 3.42. The molecule has 0 unspecified atom stereocenters. The minimum absolute atomic E-state index is 0.0164. The lowest BCUT2D eigenvalue weighted by Crippen LogP contribution is -2.17. The minimum atomic E-state index is -0.581. The number of anilines is 2. The second-order valence-electron chi connectivity index (χ2n) is 4.39. The number of hydrazine groups is 1. The van der Waals surface area contributed by atoms with Gasteiger partial charge in [-0.05, 0) is 36.8 Å². The van der Waals surface area contributed by atoms with Gasteiger partial charge >= 0.3 is 0 Å². The molecular formula is C14H12Cl2FN3O. The lowest BCUT2D eigenvalue weighted by molar-refractivity contribution is 0.102. The molecule has 4 nitrogen and oxygen atoms in total. The second kappa shape index (κ2) is 6.30. The van der Waals surface area contributed by atoms with E-state index in [1.54, 1.807) is 18.2 Å². The number of nitrogen functional groups attached to an aromatic ring is 1. The summed E-state index contributed by atoms with van der Waals surface area (Å²) < 4.78 is 13.1. The molecule has 0 saturated heterocycles. The van der Waals surface area contributed by atoms with E-state index in [0.717, 1.165) is 17.7 Å². The zero-order valence-electron chi connectivity index (χ0n) is 11.0. The Hall–Kier alpha value is -1.82. The quantitative estimate of drug-likeness (QED) is 0.590. The smallest absolute Gasteiger partial charge is 0.257 e. The van der Waals surface area contributed by atoms with E-state index >= 15 is 0 Å². The normalized spacial score (nSPS) is 10.3. The Bertz CT molecular complexity index is 684. The van der Waals surface area contributed by atoms with Crippen LogP contribution in [0.5, 0.6) is 0 Å². The highest BCUT2D eigenvalue weighted by Gasteiger charge is 2.15.